The molecule has 2 heterocycles. The first-order valence-electron chi connectivity index (χ1n) is 6.57. The Morgan fingerprint density at radius 3 is 2.70 bits per heavy atom. The van der Waals surface area contributed by atoms with Crippen LogP contribution in [0.2, 0.25) is 0 Å². The van der Waals surface area contributed by atoms with Gasteiger partial charge in [-0.25, -0.2) is 0 Å². The van der Waals surface area contributed by atoms with E-state index in [4.69, 9.17) is 12.2 Å². The first kappa shape index (κ1) is 13.3. The predicted octanol–water partition coefficient (Wildman–Crippen LogP) is 4.67. The highest BCUT2D eigenvalue weighted by Crippen LogP contribution is 2.30. The minimum Gasteiger partial charge on any atom is -0.292 e. The molecule has 0 bridgehead atoms. The Hall–Kier alpha value is -1.72. The number of nitrogens with zero attached hydrogens (tertiary/aromatic N) is 2. The van der Waals surface area contributed by atoms with Crippen LogP contribution in [0, 0.1) is 4.77 Å². The first-order chi connectivity index (χ1) is 9.81. The minimum atomic E-state index is 0.233. The van der Waals surface area contributed by atoms with Crippen molar-refractivity contribution in [2.45, 2.75) is 19.4 Å². The van der Waals surface area contributed by atoms with Gasteiger partial charge in [0, 0.05) is 10.4 Å². The fraction of sp³-hybridized carbons (Fsp3) is 0.200. The highest BCUT2D eigenvalue weighted by atomic mass is 32.1. The second-order valence-corrected chi connectivity index (χ2v) is 5.89. The Balaban J connectivity index is 2.14. The zero-order valence-corrected chi connectivity index (χ0v) is 12.7. The van der Waals surface area contributed by atoms with Crippen molar-refractivity contribution in [3.63, 3.8) is 0 Å². The van der Waals surface area contributed by atoms with Crippen molar-refractivity contribution in [3.8, 4) is 11.4 Å². The average Bonchev–Trinajstić information content (AvgIpc) is 3.12. The molecule has 0 aliphatic rings. The molecule has 102 valence electrons. The molecular weight excluding hydrogens is 286 g/mol. The van der Waals surface area contributed by atoms with Gasteiger partial charge in [0.2, 0.25) is 0 Å². The van der Waals surface area contributed by atoms with Crippen LogP contribution in [0.1, 0.15) is 24.3 Å². The molecule has 0 saturated heterocycles. The van der Waals surface area contributed by atoms with Crippen molar-refractivity contribution in [2.24, 2.45) is 0 Å². The van der Waals surface area contributed by atoms with Gasteiger partial charge in [-0.2, -0.15) is 5.10 Å². The summed E-state index contributed by atoms with van der Waals surface area (Å²) in [7, 11) is 0. The normalized spacial score (nSPS) is 12.4. The largest absolute Gasteiger partial charge is 0.292 e. The molecule has 2 aromatic heterocycles. The fourth-order valence-electron chi connectivity index (χ4n) is 2.38. The number of aromatic amines is 1. The van der Waals surface area contributed by atoms with Gasteiger partial charge < -0.3 is 0 Å². The van der Waals surface area contributed by atoms with Crippen LogP contribution in [-0.2, 0) is 0 Å². The molecule has 3 rings (SSSR count). The molecule has 1 atom stereocenters. The molecule has 3 aromatic rings. The van der Waals surface area contributed by atoms with Crippen LogP contribution in [0.25, 0.3) is 11.4 Å². The van der Waals surface area contributed by atoms with Gasteiger partial charge in [0.15, 0.2) is 10.6 Å². The second-order valence-electron chi connectivity index (χ2n) is 4.53. The molecule has 0 spiro atoms. The third kappa shape index (κ3) is 2.34. The van der Waals surface area contributed by atoms with E-state index in [9.17, 15) is 0 Å². The predicted molar refractivity (Wildman–Crippen MR) is 85.6 cm³/mol. The van der Waals surface area contributed by atoms with E-state index in [1.54, 1.807) is 11.3 Å². The van der Waals surface area contributed by atoms with E-state index in [0.29, 0.717) is 4.77 Å². The molecule has 20 heavy (non-hydrogen) atoms. The Morgan fingerprint density at radius 2 is 2.05 bits per heavy atom. The third-order valence-corrected chi connectivity index (χ3v) is 4.57. The Kier molecular flexibility index (Phi) is 3.80. The molecule has 0 radical (unpaired) electrons. The lowest BCUT2D eigenvalue weighted by Gasteiger charge is -2.17. The molecule has 3 nitrogen and oxygen atoms in total. The van der Waals surface area contributed by atoms with E-state index >= 15 is 0 Å². The molecule has 0 fully saturated rings. The van der Waals surface area contributed by atoms with Gasteiger partial charge in [0.25, 0.3) is 0 Å². The summed E-state index contributed by atoms with van der Waals surface area (Å²) in [5.41, 5.74) is 1.08. The zero-order chi connectivity index (χ0) is 13.9. The Bertz CT molecular complexity index is 726. The zero-order valence-electron chi connectivity index (χ0n) is 11.1. The maximum atomic E-state index is 5.44. The monoisotopic (exact) mass is 301 g/mol. The molecule has 0 aliphatic heterocycles. The van der Waals surface area contributed by atoms with E-state index in [-0.39, 0.29) is 6.04 Å². The fourth-order valence-corrected chi connectivity index (χ4v) is 3.54. The lowest BCUT2D eigenvalue weighted by atomic mass is 10.1. The Morgan fingerprint density at radius 1 is 1.25 bits per heavy atom. The molecule has 1 N–H and O–H groups in total. The maximum Gasteiger partial charge on any atom is 0.196 e. The van der Waals surface area contributed by atoms with E-state index < -0.39 is 0 Å². The van der Waals surface area contributed by atoms with Gasteiger partial charge in [0.05, 0.1) is 6.04 Å². The smallest absolute Gasteiger partial charge is 0.196 e. The highest BCUT2D eigenvalue weighted by molar-refractivity contribution is 7.71. The van der Waals surface area contributed by atoms with Gasteiger partial charge in [-0.3, -0.25) is 9.67 Å². The second kappa shape index (κ2) is 5.73. The van der Waals surface area contributed by atoms with Gasteiger partial charge >= 0.3 is 0 Å². The lowest BCUT2D eigenvalue weighted by Crippen LogP contribution is -2.10. The summed E-state index contributed by atoms with van der Waals surface area (Å²) in [6, 6.07) is 14.6. The molecule has 0 aliphatic carbocycles. The van der Waals surface area contributed by atoms with Crippen LogP contribution in [0.3, 0.4) is 0 Å². The van der Waals surface area contributed by atoms with Crippen molar-refractivity contribution in [2.75, 3.05) is 0 Å². The van der Waals surface area contributed by atoms with Crippen molar-refractivity contribution in [1.82, 2.24) is 14.8 Å². The summed E-state index contributed by atoms with van der Waals surface area (Å²) in [6.07, 6.45) is 0.980. The topological polar surface area (TPSA) is 33.6 Å². The van der Waals surface area contributed by atoms with E-state index in [1.165, 1.54) is 4.88 Å². The van der Waals surface area contributed by atoms with Crippen LogP contribution in [0.15, 0.2) is 47.8 Å². The van der Waals surface area contributed by atoms with Gasteiger partial charge in [-0.15, -0.1) is 11.3 Å². The average molecular weight is 301 g/mol. The van der Waals surface area contributed by atoms with E-state index in [2.05, 4.69) is 51.3 Å². The molecular formula is C15H15N3S2. The van der Waals surface area contributed by atoms with Gasteiger partial charge in [-0.1, -0.05) is 43.3 Å². The molecule has 0 saturated carbocycles. The lowest BCUT2D eigenvalue weighted by molar-refractivity contribution is 0.573. The third-order valence-electron chi connectivity index (χ3n) is 3.31. The van der Waals surface area contributed by atoms with Gasteiger partial charge in [-0.05, 0) is 30.1 Å². The van der Waals surface area contributed by atoms with Crippen LogP contribution < -0.4 is 0 Å². The number of hydrogen-bond acceptors (Lipinski definition) is 3. The van der Waals surface area contributed by atoms with Crippen LogP contribution in [-0.4, -0.2) is 14.8 Å². The van der Waals surface area contributed by atoms with Crippen LogP contribution >= 0.6 is 23.6 Å². The van der Waals surface area contributed by atoms with E-state index in [1.807, 2.05) is 18.2 Å². The number of rotatable bonds is 4. The van der Waals surface area contributed by atoms with Crippen molar-refractivity contribution in [3.05, 3.63) is 57.5 Å². The molecule has 1 aromatic carbocycles. The number of aromatic nitrogens is 3. The standard InChI is InChI=1S/C15H15N3S2/c1-2-12(13-9-6-10-20-13)18-14(16-17-15(18)19)11-7-4-3-5-8-11/h3-10,12H,2H2,1H3,(H,17,19). The minimum absolute atomic E-state index is 0.233. The molecule has 1 unspecified atom stereocenters. The molecule has 5 heteroatoms. The SMILES string of the molecule is CCC(c1cccs1)n1c(-c2ccccc2)n[nH]c1=S. The highest BCUT2D eigenvalue weighted by Gasteiger charge is 2.19. The maximum absolute atomic E-state index is 5.44. The number of benzene rings is 1. The van der Waals surface area contributed by atoms with Crippen LogP contribution in [0.5, 0.6) is 0 Å². The van der Waals surface area contributed by atoms with Crippen LogP contribution in [0.4, 0.5) is 0 Å². The number of thiophene rings is 1. The molecule has 0 amide bonds. The van der Waals surface area contributed by atoms with Gasteiger partial charge in [0.1, 0.15) is 0 Å². The van der Waals surface area contributed by atoms with Crippen molar-refractivity contribution in [1.29, 1.82) is 0 Å². The first-order valence-corrected chi connectivity index (χ1v) is 7.85. The van der Waals surface area contributed by atoms with Crippen molar-refractivity contribution >= 4 is 23.6 Å². The Labute approximate surface area is 126 Å². The summed E-state index contributed by atoms with van der Waals surface area (Å²) in [4.78, 5) is 1.31. The summed E-state index contributed by atoms with van der Waals surface area (Å²) >= 11 is 7.20. The summed E-state index contributed by atoms with van der Waals surface area (Å²) in [6.45, 7) is 2.17. The quantitative estimate of drug-likeness (QED) is 0.711. The number of H-pyrrole nitrogens is 1. The summed E-state index contributed by atoms with van der Waals surface area (Å²) in [5, 5.41) is 9.45. The summed E-state index contributed by atoms with van der Waals surface area (Å²) in [5.74, 6) is 0.899. The van der Waals surface area contributed by atoms with E-state index in [0.717, 1.165) is 17.8 Å². The summed E-state index contributed by atoms with van der Waals surface area (Å²) < 4.78 is 2.79. The van der Waals surface area contributed by atoms with Crippen molar-refractivity contribution < 1.29 is 0 Å². The number of hydrogen-bond donors (Lipinski definition) is 1. The number of nitrogens with one attached hydrogen (secondary N) is 1.